The summed E-state index contributed by atoms with van der Waals surface area (Å²) in [6, 6.07) is 10.5. The van der Waals surface area contributed by atoms with Gasteiger partial charge in [-0.25, -0.2) is 4.79 Å². The highest BCUT2D eigenvalue weighted by molar-refractivity contribution is 6.07. The Bertz CT molecular complexity index is 1850. The van der Waals surface area contributed by atoms with Gasteiger partial charge in [-0.1, -0.05) is 70.2 Å². The molecule has 1 fully saturated rings. The number of Topliss-reactive ketones (excluding diaryl/α,β-unsaturated/α-hetero) is 1. The van der Waals surface area contributed by atoms with Crippen molar-refractivity contribution in [3.63, 3.8) is 0 Å². The van der Waals surface area contributed by atoms with E-state index in [0.29, 0.717) is 13.0 Å². The number of nitrogens with one attached hydrogen (secondary N) is 5. The quantitative estimate of drug-likeness (QED) is 0.131. The first-order chi connectivity index (χ1) is 26.5. The van der Waals surface area contributed by atoms with Crippen LogP contribution in [0.5, 0.6) is 0 Å². The third-order valence-electron chi connectivity index (χ3n) is 9.58. The summed E-state index contributed by atoms with van der Waals surface area (Å²) >= 11 is 0. The van der Waals surface area contributed by atoms with E-state index in [4.69, 9.17) is 4.74 Å². The molecule has 300 valence electrons. The number of nitrogens with zero attached hydrogens (tertiary/aromatic N) is 2. The molecule has 7 amide bonds. The average molecular weight is 775 g/mol. The lowest BCUT2D eigenvalue weighted by molar-refractivity contribution is -0.483. The van der Waals surface area contributed by atoms with Gasteiger partial charge in [0.15, 0.2) is 0 Å². The van der Waals surface area contributed by atoms with Crippen molar-refractivity contribution in [2.24, 2.45) is 22.9 Å². The van der Waals surface area contributed by atoms with Crippen LogP contribution in [-0.4, -0.2) is 95.2 Å². The first-order valence-electron chi connectivity index (χ1n) is 18.9. The Hall–Kier alpha value is -5.64. The zero-order valence-corrected chi connectivity index (χ0v) is 32.6. The molecule has 2 aromatic rings. The summed E-state index contributed by atoms with van der Waals surface area (Å²) in [6.45, 7) is 9.87. The van der Waals surface area contributed by atoms with Crippen LogP contribution in [-0.2, 0) is 40.1 Å². The molecule has 0 aliphatic carbocycles. The van der Waals surface area contributed by atoms with Gasteiger partial charge >= 0.3 is 11.8 Å². The molecular formula is C40H52N7O9+. The molecule has 56 heavy (non-hydrogen) atoms. The smallest absolute Gasteiger partial charge is 0.371 e. The molecule has 2 aliphatic heterocycles. The molecule has 5 N–H and O–H groups in total. The van der Waals surface area contributed by atoms with E-state index in [9.17, 15) is 38.4 Å². The molecule has 2 heterocycles. The molecule has 0 saturated carbocycles. The van der Waals surface area contributed by atoms with Crippen molar-refractivity contribution in [3.8, 4) is 0 Å². The SMILES string of the molecule is CC(=O)N[C@H](C(=O)N[C@H](C(=O)N[C@@H](CC(C)C)C(=O)N[C@@H](C[C@@H]1CCNC1=O)C(=O)C[N+]1=NC(=O)c2ccccc2C1=O)C(C)OCc1ccccc1)C(C)C. The Kier molecular flexibility index (Phi) is 15.2. The second kappa shape index (κ2) is 19.8. The number of hydrogen-bond donors (Lipinski definition) is 5. The van der Waals surface area contributed by atoms with Gasteiger partial charge in [-0.3, -0.25) is 33.6 Å². The standard InChI is InChI=1S/C40H51N7O9/c1-22(2)18-31(44-39(54)34(24(5)56-21-26-12-8-7-9-13-26)45-38(53)33(23(3)4)42-25(6)48)37(52)43-30(19-27-16-17-41-35(27)50)32(49)20-47-40(55)29-15-11-10-14-28(29)36(51)46-47/h7-15,22-24,27,30-31,33-34H,16-21H2,1-6H3,(H4-,41,42,43,44,45,48,50,52,53,54)/p+1/t24?,27-,30-,31-,33-,34-/m0/s1. The molecule has 16 nitrogen and oxygen atoms in total. The third-order valence-corrected chi connectivity index (χ3v) is 9.58. The van der Waals surface area contributed by atoms with Gasteiger partial charge in [0, 0.05) is 24.5 Å². The maximum Gasteiger partial charge on any atom is 0.445 e. The van der Waals surface area contributed by atoms with Crippen molar-refractivity contribution in [3.05, 3.63) is 71.3 Å². The zero-order chi connectivity index (χ0) is 41.1. The van der Waals surface area contributed by atoms with Crippen LogP contribution >= 0.6 is 0 Å². The third kappa shape index (κ3) is 11.7. The molecule has 6 atom stereocenters. The van der Waals surface area contributed by atoms with E-state index < -0.39 is 84.0 Å². The van der Waals surface area contributed by atoms with E-state index >= 15 is 0 Å². The van der Waals surface area contributed by atoms with Gasteiger partial charge in [0.2, 0.25) is 41.9 Å². The Morgan fingerprint density at radius 3 is 2.04 bits per heavy atom. The minimum atomic E-state index is -1.32. The zero-order valence-electron chi connectivity index (χ0n) is 32.6. The molecule has 1 unspecified atom stereocenters. The van der Waals surface area contributed by atoms with Crippen LogP contribution in [0.15, 0.2) is 59.7 Å². The molecule has 0 spiro atoms. The molecule has 2 aromatic carbocycles. The van der Waals surface area contributed by atoms with E-state index in [2.05, 4.69) is 31.7 Å². The first kappa shape index (κ1) is 43.1. The highest BCUT2D eigenvalue weighted by Gasteiger charge is 2.40. The molecule has 1 saturated heterocycles. The number of hydrogen-bond acceptors (Lipinski definition) is 9. The van der Waals surface area contributed by atoms with Crippen LogP contribution in [0.1, 0.15) is 87.1 Å². The number of carbonyl (C=O) groups excluding carboxylic acids is 8. The Balaban J connectivity index is 1.58. The fraction of sp³-hybridized carbons (Fsp3) is 0.500. The monoisotopic (exact) mass is 774 g/mol. The summed E-state index contributed by atoms with van der Waals surface area (Å²) in [6.07, 6.45) is -0.495. The molecule has 0 bridgehead atoms. The number of rotatable bonds is 19. The first-order valence-corrected chi connectivity index (χ1v) is 18.9. The lowest BCUT2D eigenvalue weighted by atomic mass is 9.94. The highest BCUT2D eigenvalue weighted by Crippen LogP contribution is 2.20. The Morgan fingerprint density at radius 2 is 1.43 bits per heavy atom. The van der Waals surface area contributed by atoms with Gasteiger partial charge in [0.05, 0.1) is 24.3 Å². The van der Waals surface area contributed by atoms with Gasteiger partial charge in [0.1, 0.15) is 23.7 Å². The average Bonchev–Trinajstić information content (AvgIpc) is 3.56. The van der Waals surface area contributed by atoms with E-state index in [0.717, 1.165) is 10.3 Å². The summed E-state index contributed by atoms with van der Waals surface area (Å²) in [7, 11) is 0. The molecule has 0 aromatic heterocycles. The van der Waals surface area contributed by atoms with Crippen molar-refractivity contribution in [1.29, 1.82) is 0 Å². The largest absolute Gasteiger partial charge is 0.445 e. The molecule has 0 radical (unpaired) electrons. The lowest BCUT2D eigenvalue weighted by Crippen LogP contribution is -2.61. The van der Waals surface area contributed by atoms with Crippen LogP contribution < -0.4 is 26.6 Å². The van der Waals surface area contributed by atoms with Gasteiger partial charge in [0.25, 0.3) is 0 Å². The Morgan fingerprint density at radius 1 is 0.804 bits per heavy atom. The number of ether oxygens (including phenoxy) is 1. The second-order valence-electron chi connectivity index (χ2n) is 15.0. The lowest BCUT2D eigenvalue weighted by Gasteiger charge is -2.30. The molecule has 4 rings (SSSR count). The predicted octanol–water partition coefficient (Wildman–Crippen LogP) is 1.81. The Labute approximate surface area is 326 Å². The summed E-state index contributed by atoms with van der Waals surface area (Å²) in [4.78, 5) is 106. The minimum Gasteiger partial charge on any atom is -0.371 e. The number of azo groups is 2. The molecule has 2 aliphatic rings. The van der Waals surface area contributed by atoms with Crippen LogP contribution in [0, 0.1) is 17.8 Å². The topological polar surface area (TPSA) is 221 Å². The summed E-state index contributed by atoms with van der Waals surface area (Å²) in [5, 5.41) is 17.3. The van der Waals surface area contributed by atoms with E-state index in [1.165, 1.54) is 19.1 Å². The van der Waals surface area contributed by atoms with Crippen molar-refractivity contribution in [2.75, 3.05) is 13.1 Å². The van der Waals surface area contributed by atoms with E-state index in [1.807, 2.05) is 44.2 Å². The predicted molar refractivity (Wildman–Crippen MR) is 202 cm³/mol. The van der Waals surface area contributed by atoms with Gasteiger partial charge in [-0.05, 0) is 60.4 Å². The van der Waals surface area contributed by atoms with Crippen molar-refractivity contribution in [1.82, 2.24) is 26.6 Å². The number of ketones is 1. The van der Waals surface area contributed by atoms with Gasteiger partial charge in [-0.15, -0.1) is 0 Å². The molecular weight excluding hydrogens is 722 g/mol. The summed E-state index contributed by atoms with van der Waals surface area (Å²) in [5.74, 6) is -6.01. The fourth-order valence-electron chi connectivity index (χ4n) is 6.52. The van der Waals surface area contributed by atoms with Crippen molar-refractivity contribution < 1.29 is 47.8 Å². The maximum absolute atomic E-state index is 14.1. The van der Waals surface area contributed by atoms with Gasteiger partial charge < -0.3 is 31.3 Å². The maximum atomic E-state index is 14.1. The van der Waals surface area contributed by atoms with Crippen LogP contribution in [0.2, 0.25) is 0 Å². The minimum absolute atomic E-state index is 0.0798. The fourth-order valence-corrected chi connectivity index (χ4v) is 6.52. The van der Waals surface area contributed by atoms with Crippen molar-refractivity contribution in [2.45, 2.75) is 97.7 Å². The number of amides is 7. The van der Waals surface area contributed by atoms with Gasteiger partial charge in [-0.2, -0.15) is 0 Å². The van der Waals surface area contributed by atoms with Crippen LogP contribution in [0.3, 0.4) is 0 Å². The number of carbonyl (C=O) groups is 8. The van der Waals surface area contributed by atoms with E-state index in [-0.39, 0.29) is 48.3 Å². The normalized spacial score (nSPS) is 17.8. The second-order valence-corrected chi connectivity index (χ2v) is 15.0. The number of fused-ring (bicyclic) bond motifs is 1. The summed E-state index contributed by atoms with van der Waals surface area (Å²) in [5.41, 5.74) is 1.00. The number of benzene rings is 2. The van der Waals surface area contributed by atoms with Crippen LogP contribution in [0.4, 0.5) is 0 Å². The van der Waals surface area contributed by atoms with E-state index in [1.54, 1.807) is 32.9 Å². The van der Waals surface area contributed by atoms with Crippen LogP contribution in [0.25, 0.3) is 0 Å². The van der Waals surface area contributed by atoms with Crippen molar-refractivity contribution >= 4 is 47.1 Å². The molecule has 16 heteroatoms. The summed E-state index contributed by atoms with van der Waals surface area (Å²) < 4.78 is 6.79. The highest BCUT2D eigenvalue weighted by atomic mass is 16.5.